The summed E-state index contributed by atoms with van der Waals surface area (Å²) in [5.74, 6) is 0.701. The highest BCUT2D eigenvalue weighted by molar-refractivity contribution is 6.00. The fraction of sp³-hybridized carbons (Fsp3) is 0.143. The van der Waals surface area contributed by atoms with Gasteiger partial charge >= 0.3 is 0 Å². The van der Waals surface area contributed by atoms with Crippen LogP contribution in [0.1, 0.15) is 12.5 Å². The number of para-hydroxylation sites is 2. The Morgan fingerprint density at radius 3 is 1.96 bits per heavy atom. The molecule has 129 valence electrons. The third kappa shape index (κ3) is 3.37. The molecular weight excluding hydrogens is 322 g/mol. The zero-order chi connectivity index (χ0) is 17.8. The van der Waals surface area contributed by atoms with Gasteiger partial charge in [0, 0.05) is 17.7 Å². The van der Waals surface area contributed by atoms with Crippen LogP contribution in [0, 0.1) is 0 Å². The van der Waals surface area contributed by atoms with E-state index in [0.717, 1.165) is 23.5 Å². The summed E-state index contributed by atoms with van der Waals surface area (Å²) in [6.45, 7) is 3.63. The van der Waals surface area contributed by atoms with Crippen LogP contribution in [0.2, 0.25) is 0 Å². The molecule has 0 unspecified atom stereocenters. The van der Waals surface area contributed by atoms with E-state index in [2.05, 4.69) is 60.3 Å². The Balaban J connectivity index is 1.71. The quantitative estimate of drug-likeness (QED) is 0.683. The molecule has 0 saturated carbocycles. The van der Waals surface area contributed by atoms with E-state index in [-0.39, 0.29) is 0 Å². The highest BCUT2D eigenvalue weighted by atomic mass is 15.7. The van der Waals surface area contributed by atoms with Gasteiger partial charge in [0.2, 0.25) is 0 Å². The number of hydrogen-bond acceptors (Lipinski definition) is 3. The SMILES string of the molecule is CC[n+]1ccc(C2=NN(c3ccccc3)CN(c3ccccc3)[N]2)cc1. The number of pyridine rings is 1. The standard InChI is InChI=1S/C21H21N5/c1-2-24-15-13-18(14-16-24)21-22-25(19-9-5-3-6-10-19)17-26(23-21)20-11-7-4-8-12-20/h3-16H,2,17H2,1H3/q+1. The van der Waals surface area contributed by atoms with Gasteiger partial charge in [-0.25, -0.2) is 14.6 Å². The van der Waals surface area contributed by atoms with Gasteiger partial charge in [-0.2, -0.15) is 0 Å². The lowest BCUT2D eigenvalue weighted by Crippen LogP contribution is -2.48. The van der Waals surface area contributed by atoms with Crippen LogP contribution in [-0.2, 0) is 6.54 Å². The average Bonchev–Trinajstić information content (AvgIpc) is 2.75. The summed E-state index contributed by atoms with van der Waals surface area (Å²) >= 11 is 0. The molecule has 5 nitrogen and oxygen atoms in total. The molecule has 2 aromatic carbocycles. The van der Waals surface area contributed by atoms with Crippen LogP contribution in [0.4, 0.5) is 11.4 Å². The van der Waals surface area contributed by atoms with E-state index >= 15 is 0 Å². The second-order valence-corrected chi connectivity index (χ2v) is 6.05. The minimum absolute atomic E-state index is 0.569. The third-order valence-corrected chi connectivity index (χ3v) is 4.32. The van der Waals surface area contributed by atoms with Crippen LogP contribution in [0.5, 0.6) is 0 Å². The monoisotopic (exact) mass is 343 g/mol. The first-order valence-corrected chi connectivity index (χ1v) is 8.78. The van der Waals surface area contributed by atoms with Gasteiger partial charge in [-0.05, 0) is 31.2 Å². The molecule has 0 amide bonds. The van der Waals surface area contributed by atoms with E-state index in [1.165, 1.54) is 0 Å². The average molecular weight is 343 g/mol. The van der Waals surface area contributed by atoms with E-state index in [1.807, 2.05) is 46.4 Å². The van der Waals surface area contributed by atoms with Crippen LogP contribution in [0.15, 0.2) is 90.3 Å². The van der Waals surface area contributed by atoms with Crippen molar-refractivity contribution in [3.63, 3.8) is 0 Å². The van der Waals surface area contributed by atoms with Crippen molar-refractivity contribution < 1.29 is 4.57 Å². The van der Waals surface area contributed by atoms with Gasteiger partial charge in [-0.1, -0.05) is 36.4 Å². The van der Waals surface area contributed by atoms with E-state index in [1.54, 1.807) is 0 Å². The second kappa shape index (κ2) is 7.27. The lowest BCUT2D eigenvalue weighted by molar-refractivity contribution is -0.693. The summed E-state index contributed by atoms with van der Waals surface area (Å²) in [7, 11) is 0. The molecule has 0 bridgehead atoms. The molecule has 0 fully saturated rings. The molecule has 5 heteroatoms. The van der Waals surface area contributed by atoms with Crippen LogP contribution in [-0.4, -0.2) is 12.5 Å². The van der Waals surface area contributed by atoms with Gasteiger partial charge < -0.3 is 0 Å². The first-order chi connectivity index (χ1) is 12.8. The summed E-state index contributed by atoms with van der Waals surface area (Å²) in [6.07, 6.45) is 4.11. The molecular formula is C21H21N5+. The topological polar surface area (TPSA) is 36.8 Å². The van der Waals surface area contributed by atoms with Crippen LogP contribution < -0.4 is 20.0 Å². The van der Waals surface area contributed by atoms with E-state index < -0.39 is 0 Å². The highest BCUT2D eigenvalue weighted by Gasteiger charge is 2.23. The predicted octanol–water partition coefficient (Wildman–Crippen LogP) is 3.16. The molecule has 0 N–H and O–H groups in total. The highest BCUT2D eigenvalue weighted by Crippen LogP contribution is 2.22. The van der Waals surface area contributed by atoms with Crippen molar-refractivity contribution in [3.8, 4) is 0 Å². The number of nitrogens with zero attached hydrogens (tertiary/aromatic N) is 5. The van der Waals surface area contributed by atoms with Gasteiger partial charge in [-0.15, -0.1) is 10.5 Å². The number of benzene rings is 2. The molecule has 26 heavy (non-hydrogen) atoms. The molecule has 1 aromatic heterocycles. The number of hydrogen-bond donors (Lipinski definition) is 0. The molecule has 1 radical (unpaired) electrons. The number of anilines is 2. The second-order valence-electron chi connectivity index (χ2n) is 6.05. The van der Waals surface area contributed by atoms with Crippen LogP contribution in [0.25, 0.3) is 0 Å². The Bertz CT molecular complexity index is 875. The van der Waals surface area contributed by atoms with Crippen molar-refractivity contribution in [2.75, 3.05) is 16.7 Å². The molecule has 3 aromatic rings. The maximum atomic E-state index is 4.79. The van der Waals surface area contributed by atoms with E-state index in [0.29, 0.717) is 12.5 Å². The van der Waals surface area contributed by atoms with Crippen molar-refractivity contribution in [2.24, 2.45) is 5.10 Å². The zero-order valence-electron chi connectivity index (χ0n) is 14.7. The minimum atomic E-state index is 0.569. The molecule has 0 saturated heterocycles. The number of amidine groups is 1. The molecule has 0 atom stereocenters. The Morgan fingerprint density at radius 2 is 1.38 bits per heavy atom. The van der Waals surface area contributed by atoms with Crippen molar-refractivity contribution in [1.29, 1.82) is 0 Å². The zero-order valence-corrected chi connectivity index (χ0v) is 14.7. The van der Waals surface area contributed by atoms with Gasteiger partial charge in [0.15, 0.2) is 18.2 Å². The molecule has 0 aliphatic carbocycles. The fourth-order valence-electron chi connectivity index (χ4n) is 2.85. The van der Waals surface area contributed by atoms with Gasteiger partial charge in [-0.3, -0.25) is 0 Å². The first kappa shape index (κ1) is 16.1. The smallest absolute Gasteiger partial charge is 0.199 e. The lowest BCUT2D eigenvalue weighted by atomic mass is 10.2. The maximum absolute atomic E-state index is 4.79. The molecule has 0 spiro atoms. The largest absolute Gasteiger partial charge is 0.242 e. The molecule has 1 aliphatic rings. The number of hydrazone groups is 1. The third-order valence-electron chi connectivity index (χ3n) is 4.32. The Labute approximate surface area is 153 Å². The van der Waals surface area contributed by atoms with Gasteiger partial charge in [0.1, 0.15) is 13.2 Å². The molecule has 2 heterocycles. The van der Waals surface area contributed by atoms with Crippen molar-refractivity contribution in [3.05, 3.63) is 90.8 Å². The Kier molecular flexibility index (Phi) is 4.51. The van der Waals surface area contributed by atoms with Crippen molar-refractivity contribution >= 4 is 17.2 Å². The lowest BCUT2D eigenvalue weighted by Gasteiger charge is -2.34. The fourth-order valence-corrected chi connectivity index (χ4v) is 2.85. The summed E-state index contributed by atoms with van der Waals surface area (Å²) in [5, 5.41) is 8.75. The number of aromatic nitrogens is 1. The summed E-state index contributed by atoms with van der Waals surface area (Å²) < 4.78 is 2.12. The van der Waals surface area contributed by atoms with E-state index in [4.69, 9.17) is 10.5 Å². The number of rotatable bonds is 4. The first-order valence-electron chi connectivity index (χ1n) is 8.78. The predicted molar refractivity (Wildman–Crippen MR) is 104 cm³/mol. The summed E-state index contributed by atoms with van der Waals surface area (Å²) in [6, 6.07) is 24.5. The van der Waals surface area contributed by atoms with Gasteiger partial charge in [0.25, 0.3) is 0 Å². The maximum Gasteiger partial charge on any atom is 0.199 e. The Morgan fingerprint density at radius 1 is 0.808 bits per heavy atom. The van der Waals surface area contributed by atoms with Gasteiger partial charge in [0.05, 0.1) is 11.4 Å². The summed E-state index contributed by atoms with van der Waals surface area (Å²) in [5.41, 5.74) is 7.87. The van der Waals surface area contributed by atoms with Crippen molar-refractivity contribution in [2.45, 2.75) is 13.5 Å². The van der Waals surface area contributed by atoms with Crippen LogP contribution in [0.3, 0.4) is 0 Å². The van der Waals surface area contributed by atoms with Crippen LogP contribution >= 0.6 is 0 Å². The molecule has 1 aliphatic heterocycles. The minimum Gasteiger partial charge on any atom is -0.242 e. The normalized spacial score (nSPS) is 14.0. The number of aryl methyl sites for hydroxylation is 1. The van der Waals surface area contributed by atoms with Crippen molar-refractivity contribution in [1.82, 2.24) is 5.43 Å². The molecule has 4 rings (SSSR count). The Hall–Kier alpha value is -3.34. The summed E-state index contributed by atoms with van der Waals surface area (Å²) in [4.78, 5) is 0. The van der Waals surface area contributed by atoms with E-state index in [9.17, 15) is 0 Å².